The highest BCUT2D eigenvalue weighted by Gasteiger charge is 2.09. The molecule has 1 atom stereocenters. The largest absolute Gasteiger partial charge is 0.324 e. The Morgan fingerprint density at radius 1 is 1.18 bits per heavy atom. The smallest absolute Gasteiger partial charge is 0.0306 e. The van der Waals surface area contributed by atoms with Gasteiger partial charge in [-0.15, -0.1) is 0 Å². The molecule has 0 radical (unpaired) electrons. The molecule has 0 fully saturated rings. The molecule has 17 heavy (non-hydrogen) atoms. The van der Waals surface area contributed by atoms with E-state index in [-0.39, 0.29) is 6.04 Å². The van der Waals surface area contributed by atoms with Crippen molar-refractivity contribution in [2.45, 2.75) is 58.4 Å². The van der Waals surface area contributed by atoms with Crippen LogP contribution >= 0.6 is 15.9 Å². The molecule has 0 spiro atoms. The van der Waals surface area contributed by atoms with Crippen LogP contribution in [0.3, 0.4) is 0 Å². The van der Waals surface area contributed by atoms with Gasteiger partial charge in [-0.2, -0.15) is 0 Å². The molecule has 0 saturated carbocycles. The summed E-state index contributed by atoms with van der Waals surface area (Å²) < 4.78 is 1.15. The van der Waals surface area contributed by atoms with E-state index in [9.17, 15) is 0 Å². The predicted octanol–water partition coefficient (Wildman–Crippen LogP) is 5.12. The van der Waals surface area contributed by atoms with Gasteiger partial charge >= 0.3 is 0 Å². The van der Waals surface area contributed by atoms with E-state index in [0.717, 1.165) is 10.9 Å². The Bertz CT molecular complexity index is 336. The van der Waals surface area contributed by atoms with E-state index < -0.39 is 0 Å². The molecule has 1 rings (SSSR count). The Labute approximate surface area is 114 Å². The average Bonchev–Trinajstić information content (AvgIpc) is 2.28. The van der Waals surface area contributed by atoms with Gasteiger partial charge in [0.2, 0.25) is 0 Å². The minimum absolute atomic E-state index is 0.173. The summed E-state index contributed by atoms with van der Waals surface area (Å²) in [4.78, 5) is 0. The SMILES string of the molecule is CCCCCCCC(N)c1ccc(C)cc1Br. The summed E-state index contributed by atoms with van der Waals surface area (Å²) in [5, 5.41) is 0. The van der Waals surface area contributed by atoms with Gasteiger partial charge in [-0.3, -0.25) is 0 Å². The molecule has 96 valence electrons. The molecule has 1 unspecified atom stereocenters. The van der Waals surface area contributed by atoms with E-state index in [1.165, 1.54) is 43.2 Å². The molecule has 0 bridgehead atoms. The van der Waals surface area contributed by atoms with Gasteiger partial charge in [0, 0.05) is 10.5 Å². The summed E-state index contributed by atoms with van der Waals surface area (Å²) in [5.41, 5.74) is 8.75. The van der Waals surface area contributed by atoms with Gasteiger partial charge in [-0.1, -0.05) is 67.1 Å². The quantitative estimate of drug-likeness (QED) is 0.695. The van der Waals surface area contributed by atoms with Crippen LogP contribution < -0.4 is 5.73 Å². The third-order valence-electron chi connectivity index (χ3n) is 3.17. The van der Waals surface area contributed by atoms with Gasteiger partial charge < -0.3 is 5.73 Å². The average molecular weight is 298 g/mol. The maximum absolute atomic E-state index is 6.23. The van der Waals surface area contributed by atoms with E-state index in [1.54, 1.807) is 0 Å². The lowest BCUT2D eigenvalue weighted by Gasteiger charge is -2.14. The molecular formula is C15H24BrN. The number of hydrogen-bond donors (Lipinski definition) is 1. The number of hydrogen-bond acceptors (Lipinski definition) is 1. The van der Waals surface area contributed by atoms with Crippen LogP contribution in [0.25, 0.3) is 0 Å². The van der Waals surface area contributed by atoms with Crippen LogP contribution in [0.5, 0.6) is 0 Å². The molecule has 0 aromatic heterocycles. The number of aryl methyl sites for hydroxylation is 1. The Balaban J connectivity index is 2.38. The monoisotopic (exact) mass is 297 g/mol. The fourth-order valence-electron chi connectivity index (χ4n) is 2.06. The molecule has 0 saturated heterocycles. The number of nitrogens with two attached hydrogens (primary N) is 1. The van der Waals surface area contributed by atoms with Crippen molar-refractivity contribution in [3.8, 4) is 0 Å². The number of rotatable bonds is 7. The van der Waals surface area contributed by atoms with Crippen molar-refractivity contribution in [3.63, 3.8) is 0 Å². The minimum atomic E-state index is 0.173. The third-order valence-corrected chi connectivity index (χ3v) is 3.86. The van der Waals surface area contributed by atoms with E-state index >= 15 is 0 Å². The van der Waals surface area contributed by atoms with E-state index in [0.29, 0.717) is 0 Å². The van der Waals surface area contributed by atoms with Gasteiger partial charge in [0.05, 0.1) is 0 Å². The van der Waals surface area contributed by atoms with Crippen LogP contribution in [0.1, 0.15) is 62.6 Å². The Hall–Kier alpha value is -0.340. The van der Waals surface area contributed by atoms with Crippen molar-refractivity contribution in [1.29, 1.82) is 0 Å². The molecule has 0 aliphatic carbocycles. The molecule has 0 aliphatic rings. The van der Waals surface area contributed by atoms with Gasteiger partial charge in [-0.05, 0) is 30.5 Å². The second-order valence-electron chi connectivity index (χ2n) is 4.83. The standard InChI is InChI=1S/C15H24BrN/c1-3-4-5-6-7-8-15(17)13-10-9-12(2)11-14(13)16/h9-11,15H,3-8,17H2,1-2H3. The molecule has 2 heteroatoms. The molecule has 2 N–H and O–H groups in total. The summed E-state index contributed by atoms with van der Waals surface area (Å²) in [5.74, 6) is 0. The van der Waals surface area contributed by atoms with Crippen molar-refractivity contribution in [3.05, 3.63) is 33.8 Å². The summed E-state index contributed by atoms with van der Waals surface area (Å²) in [6.45, 7) is 4.35. The number of unbranched alkanes of at least 4 members (excludes halogenated alkanes) is 4. The molecule has 1 nitrogen and oxygen atoms in total. The van der Waals surface area contributed by atoms with Crippen molar-refractivity contribution < 1.29 is 0 Å². The maximum atomic E-state index is 6.23. The molecular weight excluding hydrogens is 274 g/mol. The van der Waals surface area contributed by atoms with Crippen molar-refractivity contribution in [2.75, 3.05) is 0 Å². The zero-order valence-electron chi connectivity index (χ0n) is 11.0. The lowest BCUT2D eigenvalue weighted by atomic mass is 10.00. The molecule has 0 aliphatic heterocycles. The topological polar surface area (TPSA) is 26.0 Å². The van der Waals surface area contributed by atoms with Crippen molar-refractivity contribution >= 4 is 15.9 Å². The highest BCUT2D eigenvalue weighted by Crippen LogP contribution is 2.26. The molecule has 1 aromatic rings. The fourth-order valence-corrected chi connectivity index (χ4v) is 2.84. The van der Waals surface area contributed by atoms with Crippen LogP contribution in [0.15, 0.2) is 22.7 Å². The van der Waals surface area contributed by atoms with Gasteiger partial charge in [-0.25, -0.2) is 0 Å². The zero-order valence-corrected chi connectivity index (χ0v) is 12.6. The molecule has 1 aromatic carbocycles. The second kappa shape index (κ2) is 7.88. The maximum Gasteiger partial charge on any atom is 0.0306 e. The summed E-state index contributed by atoms with van der Waals surface area (Å²) in [6.07, 6.45) is 7.63. The van der Waals surface area contributed by atoms with Gasteiger partial charge in [0.25, 0.3) is 0 Å². The first kappa shape index (κ1) is 14.7. The fraction of sp³-hybridized carbons (Fsp3) is 0.600. The van der Waals surface area contributed by atoms with E-state index in [1.807, 2.05) is 0 Å². The summed E-state index contributed by atoms with van der Waals surface area (Å²) in [6, 6.07) is 6.60. The first-order valence-electron chi connectivity index (χ1n) is 6.66. The van der Waals surface area contributed by atoms with E-state index in [2.05, 4.69) is 48.0 Å². The van der Waals surface area contributed by atoms with E-state index in [4.69, 9.17) is 5.73 Å². The van der Waals surface area contributed by atoms with Crippen LogP contribution in [0.2, 0.25) is 0 Å². The lowest BCUT2D eigenvalue weighted by Crippen LogP contribution is -2.10. The highest BCUT2D eigenvalue weighted by molar-refractivity contribution is 9.10. The van der Waals surface area contributed by atoms with Crippen LogP contribution in [0.4, 0.5) is 0 Å². The zero-order chi connectivity index (χ0) is 12.7. The van der Waals surface area contributed by atoms with Gasteiger partial charge in [0.15, 0.2) is 0 Å². The first-order chi connectivity index (χ1) is 8.15. The normalized spacial score (nSPS) is 12.7. The summed E-state index contributed by atoms with van der Waals surface area (Å²) in [7, 11) is 0. The van der Waals surface area contributed by atoms with Crippen LogP contribution in [-0.4, -0.2) is 0 Å². The Morgan fingerprint density at radius 3 is 2.53 bits per heavy atom. The highest BCUT2D eigenvalue weighted by atomic mass is 79.9. The van der Waals surface area contributed by atoms with Crippen LogP contribution in [0, 0.1) is 6.92 Å². The minimum Gasteiger partial charge on any atom is -0.324 e. The van der Waals surface area contributed by atoms with Gasteiger partial charge in [0.1, 0.15) is 0 Å². The second-order valence-corrected chi connectivity index (χ2v) is 5.69. The Morgan fingerprint density at radius 2 is 1.88 bits per heavy atom. The number of halogens is 1. The number of benzene rings is 1. The predicted molar refractivity (Wildman–Crippen MR) is 79.2 cm³/mol. The molecule has 0 heterocycles. The Kier molecular flexibility index (Phi) is 6.83. The molecule has 0 amide bonds. The van der Waals surface area contributed by atoms with Crippen molar-refractivity contribution in [1.82, 2.24) is 0 Å². The third kappa shape index (κ3) is 5.22. The lowest BCUT2D eigenvalue weighted by molar-refractivity contribution is 0.554. The van der Waals surface area contributed by atoms with Crippen LogP contribution in [-0.2, 0) is 0 Å². The summed E-state index contributed by atoms with van der Waals surface area (Å²) >= 11 is 3.60. The van der Waals surface area contributed by atoms with Crippen molar-refractivity contribution in [2.24, 2.45) is 5.73 Å². The first-order valence-corrected chi connectivity index (χ1v) is 7.46.